The molecule has 2 saturated heterocycles. The number of hydrogen-bond donors (Lipinski definition) is 0. The molecule has 0 aliphatic carbocycles. The fourth-order valence-electron chi connectivity index (χ4n) is 6.35. The maximum atomic E-state index is 14.6. The summed E-state index contributed by atoms with van der Waals surface area (Å²) >= 11 is 0. The number of rotatable bonds is 9. The minimum atomic E-state index is -0.906. The van der Waals surface area contributed by atoms with Crippen LogP contribution in [-0.4, -0.2) is 48.6 Å². The first-order valence-electron chi connectivity index (χ1n) is 14.6. The Labute approximate surface area is 252 Å². The highest BCUT2D eigenvalue weighted by atomic mass is 16.6. The van der Waals surface area contributed by atoms with E-state index in [1.165, 1.54) is 10.5 Å². The van der Waals surface area contributed by atoms with Crippen LogP contribution in [0.25, 0.3) is 0 Å². The number of ether oxygens (including phenoxy) is 3. The maximum Gasteiger partial charge on any atom is 0.417 e. The fourth-order valence-corrected chi connectivity index (χ4v) is 6.35. The van der Waals surface area contributed by atoms with E-state index in [0.29, 0.717) is 37.7 Å². The number of amides is 2. The van der Waals surface area contributed by atoms with E-state index in [-0.39, 0.29) is 18.4 Å². The van der Waals surface area contributed by atoms with Crippen LogP contribution in [0.5, 0.6) is 11.5 Å². The summed E-state index contributed by atoms with van der Waals surface area (Å²) in [5.74, 6) is 0.799. The van der Waals surface area contributed by atoms with E-state index >= 15 is 0 Å². The molecule has 2 amide bonds. The van der Waals surface area contributed by atoms with Crippen LogP contribution in [0.3, 0.4) is 0 Å². The minimum Gasteiger partial charge on any atom is -0.493 e. The number of methoxy groups -OCH3 is 1. The van der Waals surface area contributed by atoms with Gasteiger partial charge in [0.05, 0.1) is 12.5 Å². The topological polar surface area (TPSA) is 68.3 Å². The van der Waals surface area contributed by atoms with Crippen molar-refractivity contribution in [2.75, 3.05) is 26.8 Å². The van der Waals surface area contributed by atoms with Crippen LogP contribution in [0.15, 0.2) is 109 Å². The van der Waals surface area contributed by atoms with Gasteiger partial charge >= 0.3 is 6.09 Å². The second-order valence-corrected chi connectivity index (χ2v) is 11.5. The predicted octanol–water partition coefficient (Wildman–Crippen LogP) is 6.60. The van der Waals surface area contributed by atoms with E-state index in [1.54, 1.807) is 7.11 Å². The Bertz CT molecular complexity index is 1560. The largest absolute Gasteiger partial charge is 0.493 e. The van der Waals surface area contributed by atoms with E-state index in [2.05, 4.69) is 17.0 Å². The van der Waals surface area contributed by atoms with Crippen molar-refractivity contribution in [2.45, 2.75) is 32.0 Å². The van der Waals surface area contributed by atoms with Gasteiger partial charge in [-0.1, -0.05) is 97.1 Å². The van der Waals surface area contributed by atoms with E-state index in [4.69, 9.17) is 14.2 Å². The number of carbonyl (C=O) groups excluding carboxylic acids is 2. The van der Waals surface area contributed by atoms with Gasteiger partial charge in [-0.3, -0.25) is 9.69 Å². The molecule has 0 aromatic heterocycles. The van der Waals surface area contributed by atoms with Gasteiger partial charge in [0.25, 0.3) is 0 Å². The lowest BCUT2D eigenvalue weighted by molar-refractivity contribution is -0.139. The summed E-state index contributed by atoms with van der Waals surface area (Å²) < 4.78 is 17.3. The van der Waals surface area contributed by atoms with Crippen LogP contribution in [0.1, 0.15) is 41.1 Å². The van der Waals surface area contributed by atoms with Crippen molar-refractivity contribution in [1.29, 1.82) is 0 Å². The molecule has 0 radical (unpaired) electrons. The summed E-state index contributed by atoms with van der Waals surface area (Å²) in [5, 5.41) is 0. The molecule has 0 N–H and O–H groups in total. The highest BCUT2D eigenvalue weighted by molar-refractivity contribution is 5.97. The molecule has 0 bridgehead atoms. The summed E-state index contributed by atoms with van der Waals surface area (Å²) in [6.45, 7) is 4.33. The highest BCUT2D eigenvalue weighted by Gasteiger charge is 2.54. The Morgan fingerprint density at radius 1 is 0.860 bits per heavy atom. The minimum absolute atomic E-state index is 0.142. The highest BCUT2D eigenvalue weighted by Crippen LogP contribution is 2.48. The Balaban J connectivity index is 1.35. The molecule has 220 valence electrons. The molecule has 2 aliphatic rings. The molecular weight excluding hydrogens is 540 g/mol. The molecule has 3 atom stereocenters. The van der Waals surface area contributed by atoms with E-state index in [1.807, 2.05) is 104 Å². The maximum absolute atomic E-state index is 14.6. The standard InChI is InChI=1S/C36H36N2O5/c1-36(34(39)38-31(24-43-35(38)40)28-16-10-5-11-17-28)25-37(21-26-12-6-3-7-13-26)22-30(36)29-18-19-32(41-2)33(20-29)42-23-27-14-8-4-9-15-27/h3-20,30-31H,21-25H2,1-2H3. The number of carbonyl (C=O) groups is 2. The molecule has 6 rings (SSSR count). The Morgan fingerprint density at radius 3 is 2.19 bits per heavy atom. The summed E-state index contributed by atoms with van der Waals surface area (Å²) in [7, 11) is 1.62. The van der Waals surface area contributed by atoms with E-state index in [0.717, 1.165) is 16.7 Å². The number of nitrogens with zero attached hydrogens (tertiary/aromatic N) is 2. The summed E-state index contributed by atoms with van der Waals surface area (Å²) in [6.07, 6.45) is -0.595. The first-order chi connectivity index (χ1) is 21.0. The van der Waals surface area contributed by atoms with E-state index < -0.39 is 17.6 Å². The molecule has 43 heavy (non-hydrogen) atoms. The monoisotopic (exact) mass is 576 g/mol. The zero-order chi connectivity index (χ0) is 29.8. The number of benzene rings is 4. The van der Waals surface area contributed by atoms with Gasteiger partial charge in [0, 0.05) is 25.6 Å². The third-order valence-electron chi connectivity index (χ3n) is 8.60. The fraction of sp³-hybridized carbons (Fsp3) is 0.278. The van der Waals surface area contributed by atoms with Gasteiger partial charge in [0.15, 0.2) is 11.5 Å². The zero-order valence-electron chi connectivity index (χ0n) is 24.5. The molecule has 7 nitrogen and oxygen atoms in total. The number of imide groups is 1. The number of likely N-dealkylation sites (tertiary alicyclic amines) is 1. The van der Waals surface area contributed by atoms with Gasteiger partial charge in [-0.2, -0.15) is 0 Å². The molecule has 3 unspecified atom stereocenters. The molecular formula is C36H36N2O5. The first-order valence-corrected chi connectivity index (χ1v) is 14.6. The Morgan fingerprint density at radius 2 is 1.51 bits per heavy atom. The second-order valence-electron chi connectivity index (χ2n) is 11.5. The number of hydrogen-bond acceptors (Lipinski definition) is 6. The van der Waals surface area contributed by atoms with Crippen molar-refractivity contribution >= 4 is 12.0 Å². The molecule has 0 spiro atoms. The Kier molecular flexibility index (Phi) is 8.16. The van der Waals surface area contributed by atoms with Crippen LogP contribution in [0.2, 0.25) is 0 Å². The van der Waals surface area contributed by atoms with Gasteiger partial charge in [0.1, 0.15) is 19.3 Å². The van der Waals surface area contributed by atoms with Crippen molar-refractivity contribution < 1.29 is 23.8 Å². The van der Waals surface area contributed by atoms with Crippen LogP contribution < -0.4 is 9.47 Å². The molecule has 4 aromatic carbocycles. The van der Waals surface area contributed by atoms with Crippen LogP contribution in [0.4, 0.5) is 4.79 Å². The predicted molar refractivity (Wildman–Crippen MR) is 164 cm³/mol. The average Bonchev–Trinajstić information content (AvgIpc) is 3.60. The van der Waals surface area contributed by atoms with Crippen LogP contribution in [0, 0.1) is 5.41 Å². The SMILES string of the molecule is COc1ccc(C2CN(Cc3ccccc3)CC2(C)C(=O)N2C(=O)OCC2c2ccccc2)cc1OCc1ccccc1. The van der Waals surface area contributed by atoms with Crippen molar-refractivity contribution in [3.8, 4) is 11.5 Å². The van der Waals surface area contributed by atoms with Gasteiger partial charge in [0.2, 0.25) is 5.91 Å². The second kappa shape index (κ2) is 12.3. The smallest absolute Gasteiger partial charge is 0.417 e. The Hall–Kier alpha value is -4.62. The van der Waals surface area contributed by atoms with Gasteiger partial charge in [-0.15, -0.1) is 0 Å². The zero-order valence-corrected chi connectivity index (χ0v) is 24.5. The van der Waals surface area contributed by atoms with Crippen molar-refractivity contribution in [2.24, 2.45) is 5.41 Å². The normalized spacial score (nSPS) is 21.9. The molecule has 0 saturated carbocycles. The van der Waals surface area contributed by atoms with Crippen LogP contribution >= 0.6 is 0 Å². The molecule has 2 fully saturated rings. The van der Waals surface area contributed by atoms with Crippen molar-refractivity contribution in [3.05, 3.63) is 131 Å². The summed E-state index contributed by atoms with van der Waals surface area (Å²) in [4.78, 5) is 31.3. The quantitative estimate of drug-likeness (QED) is 0.224. The third kappa shape index (κ3) is 5.86. The van der Waals surface area contributed by atoms with Gasteiger partial charge < -0.3 is 14.2 Å². The van der Waals surface area contributed by atoms with Crippen LogP contribution in [-0.2, 0) is 22.7 Å². The first kappa shape index (κ1) is 28.5. The molecule has 7 heteroatoms. The van der Waals surface area contributed by atoms with Crippen molar-refractivity contribution in [1.82, 2.24) is 9.80 Å². The molecule has 4 aromatic rings. The average molecular weight is 577 g/mol. The van der Waals surface area contributed by atoms with Crippen molar-refractivity contribution in [3.63, 3.8) is 0 Å². The summed E-state index contributed by atoms with van der Waals surface area (Å²) in [5.41, 5.74) is 3.14. The van der Waals surface area contributed by atoms with Gasteiger partial charge in [-0.05, 0) is 41.3 Å². The molecule has 2 aliphatic heterocycles. The summed E-state index contributed by atoms with van der Waals surface area (Å²) in [6, 6.07) is 35.3. The van der Waals surface area contributed by atoms with Gasteiger partial charge in [-0.25, -0.2) is 9.69 Å². The van der Waals surface area contributed by atoms with E-state index in [9.17, 15) is 9.59 Å². The lowest BCUT2D eigenvalue weighted by atomic mass is 9.74. The molecule has 2 heterocycles. The number of cyclic esters (lactones) is 1. The lowest BCUT2D eigenvalue weighted by Crippen LogP contribution is -2.47. The lowest BCUT2D eigenvalue weighted by Gasteiger charge is -2.34. The third-order valence-corrected chi connectivity index (χ3v) is 8.60.